The maximum absolute atomic E-state index is 12.9. The number of nitrogens with zero attached hydrogens (tertiary/aromatic N) is 1. The number of hydrogen-bond donors (Lipinski definition) is 1. The number of carbonyl (C=O) groups is 1. The molecule has 7 heteroatoms. The molecule has 168 valence electrons. The van der Waals surface area contributed by atoms with Crippen LogP contribution in [0.2, 0.25) is 0 Å². The van der Waals surface area contributed by atoms with Crippen LogP contribution < -0.4 is 5.32 Å². The number of rotatable bonds is 8. The number of ether oxygens (including phenoxy) is 1. The summed E-state index contributed by atoms with van der Waals surface area (Å²) in [7, 11) is 0. The van der Waals surface area contributed by atoms with Crippen molar-refractivity contribution in [2.75, 3.05) is 32.8 Å². The lowest BCUT2D eigenvalue weighted by molar-refractivity contribution is -0.137. The predicted octanol–water partition coefficient (Wildman–Crippen LogP) is 4.78. The zero-order chi connectivity index (χ0) is 22.3. The first kappa shape index (κ1) is 23.3. The summed E-state index contributed by atoms with van der Waals surface area (Å²) in [5.74, 6) is 0.0787. The van der Waals surface area contributed by atoms with Crippen molar-refractivity contribution in [3.63, 3.8) is 0 Å². The second-order valence-electron chi connectivity index (χ2n) is 7.81. The minimum atomic E-state index is -4.37. The summed E-state index contributed by atoms with van der Waals surface area (Å²) in [6.07, 6.45) is -3.14. The largest absolute Gasteiger partial charge is 0.416 e. The lowest BCUT2D eigenvalue weighted by Gasteiger charge is -2.35. The van der Waals surface area contributed by atoms with Gasteiger partial charge in [-0.2, -0.15) is 13.2 Å². The molecule has 1 aliphatic rings. The molecule has 1 aliphatic heterocycles. The minimum absolute atomic E-state index is 0.0547. The van der Waals surface area contributed by atoms with Crippen molar-refractivity contribution in [1.82, 2.24) is 10.2 Å². The van der Waals surface area contributed by atoms with Gasteiger partial charge in [-0.05, 0) is 35.6 Å². The van der Waals surface area contributed by atoms with Gasteiger partial charge < -0.3 is 10.1 Å². The molecule has 2 aromatic carbocycles. The van der Waals surface area contributed by atoms with E-state index in [0.717, 1.165) is 29.7 Å². The first-order chi connectivity index (χ1) is 14.9. The molecule has 0 saturated carbocycles. The highest BCUT2D eigenvalue weighted by molar-refractivity contribution is 5.77. The number of alkyl halides is 3. The Morgan fingerprint density at radius 3 is 2.26 bits per heavy atom. The van der Waals surface area contributed by atoms with E-state index in [9.17, 15) is 18.0 Å². The topological polar surface area (TPSA) is 41.6 Å². The van der Waals surface area contributed by atoms with E-state index in [1.165, 1.54) is 12.1 Å². The van der Waals surface area contributed by atoms with Crippen molar-refractivity contribution in [2.45, 2.75) is 37.9 Å². The van der Waals surface area contributed by atoms with Crippen molar-refractivity contribution >= 4 is 5.91 Å². The van der Waals surface area contributed by atoms with Crippen molar-refractivity contribution in [3.8, 4) is 0 Å². The molecule has 0 aromatic heterocycles. The fourth-order valence-electron chi connectivity index (χ4n) is 3.97. The van der Waals surface area contributed by atoms with Crippen LogP contribution in [0.4, 0.5) is 13.2 Å². The zero-order valence-electron chi connectivity index (χ0n) is 17.7. The molecular weight excluding hydrogens is 405 g/mol. The zero-order valence-corrected chi connectivity index (χ0v) is 17.7. The van der Waals surface area contributed by atoms with Gasteiger partial charge in [0.1, 0.15) is 0 Å². The van der Waals surface area contributed by atoms with Gasteiger partial charge in [0.05, 0.1) is 24.8 Å². The Morgan fingerprint density at radius 1 is 1.03 bits per heavy atom. The molecule has 0 radical (unpaired) electrons. The van der Waals surface area contributed by atoms with Crippen molar-refractivity contribution in [1.29, 1.82) is 0 Å². The molecule has 1 fully saturated rings. The normalized spacial score (nSPS) is 17.2. The van der Waals surface area contributed by atoms with Crippen LogP contribution in [0.3, 0.4) is 0 Å². The Morgan fingerprint density at radius 2 is 1.68 bits per heavy atom. The molecule has 1 amide bonds. The van der Waals surface area contributed by atoms with E-state index in [4.69, 9.17) is 4.74 Å². The first-order valence-electron chi connectivity index (χ1n) is 10.7. The van der Waals surface area contributed by atoms with E-state index < -0.39 is 11.7 Å². The average Bonchev–Trinajstić information content (AvgIpc) is 2.78. The summed E-state index contributed by atoms with van der Waals surface area (Å²) in [6, 6.07) is 15.0. The molecule has 0 bridgehead atoms. The van der Waals surface area contributed by atoms with E-state index in [1.54, 1.807) is 0 Å². The van der Waals surface area contributed by atoms with Crippen LogP contribution in [-0.2, 0) is 15.7 Å². The van der Waals surface area contributed by atoms with Crippen LogP contribution >= 0.6 is 0 Å². The summed E-state index contributed by atoms with van der Waals surface area (Å²) in [6.45, 7) is 4.87. The maximum Gasteiger partial charge on any atom is 0.416 e. The summed E-state index contributed by atoms with van der Waals surface area (Å²) in [5, 5.41) is 3.01. The summed E-state index contributed by atoms with van der Waals surface area (Å²) in [4.78, 5) is 14.8. The molecule has 3 rings (SSSR count). The fourth-order valence-corrected chi connectivity index (χ4v) is 3.97. The molecule has 2 atom stereocenters. The van der Waals surface area contributed by atoms with Crippen molar-refractivity contribution in [2.24, 2.45) is 0 Å². The average molecular weight is 435 g/mol. The molecule has 1 N–H and O–H groups in total. The van der Waals surface area contributed by atoms with Crippen molar-refractivity contribution in [3.05, 3.63) is 71.3 Å². The highest BCUT2D eigenvalue weighted by Gasteiger charge is 2.31. The Bertz CT molecular complexity index is 819. The summed E-state index contributed by atoms with van der Waals surface area (Å²) < 4.78 is 44.2. The number of halogens is 3. The van der Waals surface area contributed by atoms with Crippen LogP contribution in [0.5, 0.6) is 0 Å². The highest BCUT2D eigenvalue weighted by Crippen LogP contribution is 2.31. The van der Waals surface area contributed by atoms with Crippen LogP contribution in [0.25, 0.3) is 0 Å². The van der Waals surface area contributed by atoms with Crippen LogP contribution in [-0.4, -0.2) is 43.7 Å². The number of carbonyl (C=O) groups excluding carboxylic acids is 1. The Labute approximate surface area is 181 Å². The number of benzene rings is 2. The SMILES string of the molecule is CCC(CC(=O)NCC(c1ccc(C(F)(F)F)cc1)N1CCOCC1)c1ccccc1. The molecule has 2 unspecified atom stereocenters. The van der Waals surface area contributed by atoms with Gasteiger partial charge in [-0.15, -0.1) is 0 Å². The van der Waals surface area contributed by atoms with Crippen LogP contribution in [0.1, 0.15) is 48.4 Å². The number of hydrogen-bond acceptors (Lipinski definition) is 3. The summed E-state index contributed by atoms with van der Waals surface area (Å²) >= 11 is 0. The van der Waals surface area contributed by atoms with Crippen LogP contribution in [0.15, 0.2) is 54.6 Å². The lowest BCUT2D eigenvalue weighted by atomic mass is 9.93. The van der Waals surface area contributed by atoms with E-state index in [2.05, 4.69) is 17.1 Å². The maximum atomic E-state index is 12.9. The highest BCUT2D eigenvalue weighted by atomic mass is 19.4. The fraction of sp³-hybridized carbons (Fsp3) is 0.458. The third-order valence-corrected chi connectivity index (χ3v) is 5.80. The molecule has 0 aliphatic carbocycles. The number of amides is 1. The molecule has 31 heavy (non-hydrogen) atoms. The summed E-state index contributed by atoms with van der Waals surface area (Å²) in [5.41, 5.74) is 1.22. The molecular formula is C24H29F3N2O2. The van der Waals surface area contributed by atoms with Gasteiger partial charge in [0.25, 0.3) is 0 Å². The smallest absolute Gasteiger partial charge is 0.379 e. The monoisotopic (exact) mass is 434 g/mol. The minimum Gasteiger partial charge on any atom is -0.379 e. The quantitative estimate of drug-likeness (QED) is 0.650. The molecule has 1 heterocycles. The Hall–Kier alpha value is -2.38. The number of morpholine rings is 1. The standard InChI is InChI=1S/C24H29F3N2O2/c1-2-18(19-6-4-3-5-7-19)16-23(30)28-17-22(29-12-14-31-15-13-29)20-8-10-21(11-9-20)24(25,26)27/h3-11,18,22H,2,12-17H2,1H3,(H,28,30). The van der Waals surface area contributed by atoms with Gasteiger partial charge in [-0.1, -0.05) is 49.4 Å². The first-order valence-corrected chi connectivity index (χ1v) is 10.7. The van der Waals surface area contributed by atoms with Crippen molar-refractivity contribution < 1.29 is 22.7 Å². The van der Waals surface area contributed by atoms with E-state index in [0.29, 0.717) is 39.3 Å². The molecule has 4 nitrogen and oxygen atoms in total. The van der Waals surface area contributed by atoms with E-state index >= 15 is 0 Å². The Balaban J connectivity index is 1.68. The van der Waals surface area contributed by atoms with Gasteiger partial charge in [-0.25, -0.2) is 0 Å². The van der Waals surface area contributed by atoms with Gasteiger partial charge >= 0.3 is 6.18 Å². The lowest BCUT2D eigenvalue weighted by Crippen LogP contribution is -2.44. The molecule has 1 saturated heterocycles. The van der Waals surface area contributed by atoms with E-state index in [-0.39, 0.29) is 17.9 Å². The molecule has 2 aromatic rings. The third kappa shape index (κ3) is 6.55. The van der Waals surface area contributed by atoms with Gasteiger partial charge in [0.15, 0.2) is 0 Å². The Kier molecular flexibility index (Phi) is 8.09. The second-order valence-corrected chi connectivity index (χ2v) is 7.81. The second kappa shape index (κ2) is 10.8. The van der Waals surface area contributed by atoms with Gasteiger partial charge in [0, 0.05) is 26.1 Å². The van der Waals surface area contributed by atoms with Gasteiger partial charge in [-0.3, -0.25) is 9.69 Å². The number of nitrogens with one attached hydrogen (secondary N) is 1. The van der Waals surface area contributed by atoms with Gasteiger partial charge in [0.2, 0.25) is 5.91 Å². The molecule has 0 spiro atoms. The third-order valence-electron chi connectivity index (χ3n) is 5.80. The van der Waals surface area contributed by atoms with Crippen LogP contribution in [0, 0.1) is 0 Å². The predicted molar refractivity (Wildman–Crippen MR) is 114 cm³/mol. The van der Waals surface area contributed by atoms with E-state index in [1.807, 2.05) is 30.3 Å².